The summed E-state index contributed by atoms with van der Waals surface area (Å²) in [6.45, 7) is 2.61. The monoisotopic (exact) mass is 288 g/mol. The standard InChI is InChI=1S/C16H20N2O3/c1-12-3-5-13(6-4-12)14-11-18-16(21-14)8-7-15(20)17-9-2-10-19/h3-6,11,19H,2,7-10H2,1H3,(H,17,20). The molecule has 0 spiro atoms. The number of benzene rings is 1. The van der Waals surface area contributed by atoms with Gasteiger partial charge in [0, 0.05) is 31.6 Å². The van der Waals surface area contributed by atoms with Gasteiger partial charge in [0.1, 0.15) is 0 Å². The molecular weight excluding hydrogens is 268 g/mol. The highest BCUT2D eigenvalue weighted by Gasteiger charge is 2.08. The number of hydrogen-bond donors (Lipinski definition) is 2. The minimum atomic E-state index is -0.0569. The van der Waals surface area contributed by atoms with Crippen LogP contribution in [-0.4, -0.2) is 29.1 Å². The number of rotatable bonds is 7. The fraction of sp³-hybridized carbons (Fsp3) is 0.375. The summed E-state index contributed by atoms with van der Waals surface area (Å²) >= 11 is 0. The second-order valence-corrected chi connectivity index (χ2v) is 4.91. The summed E-state index contributed by atoms with van der Waals surface area (Å²) in [5.41, 5.74) is 2.17. The lowest BCUT2D eigenvalue weighted by Crippen LogP contribution is -2.25. The van der Waals surface area contributed by atoms with Crippen LogP contribution in [0.5, 0.6) is 0 Å². The van der Waals surface area contributed by atoms with Crippen LogP contribution in [-0.2, 0) is 11.2 Å². The van der Waals surface area contributed by atoms with E-state index >= 15 is 0 Å². The first-order chi connectivity index (χ1) is 10.2. The number of nitrogens with one attached hydrogen (secondary N) is 1. The number of aryl methyl sites for hydroxylation is 2. The van der Waals surface area contributed by atoms with Crippen LogP contribution in [0.15, 0.2) is 34.9 Å². The van der Waals surface area contributed by atoms with E-state index in [4.69, 9.17) is 9.52 Å². The number of nitrogens with zero attached hydrogens (tertiary/aromatic N) is 1. The Kier molecular flexibility index (Phi) is 5.51. The highest BCUT2D eigenvalue weighted by molar-refractivity contribution is 5.75. The summed E-state index contributed by atoms with van der Waals surface area (Å²) < 4.78 is 5.65. The van der Waals surface area contributed by atoms with E-state index in [9.17, 15) is 4.79 Å². The Morgan fingerprint density at radius 1 is 1.33 bits per heavy atom. The molecule has 1 amide bonds. The van der Waals surface area contributed by atoms with Crippen molar-refractivity contribution in [3.05, 3.63) is 41.9 Å². The normalized spacial score (nSPS) is 10.6. The van der Waals surface area contributed by atoms with Gasteiger partial charge < -0.3 is 14.8 Å². The molecule has 0 bridgehead atoms. The van der Waals surface area contributed by atoms with E-state index in [1.807, 2.05) is 31.2 Å². The SMILES string of the molecule is Cc1ccc(-c2cnc(CCC(=O)NCCCO)o2)cc1. The number of oxazole rings is 1. The largest absolute Gasteiger partial charge is 0.441 e. The van der Waals surface area contributed by atoms with Crippen molar-refractivity contribution < 1.29 is 14.3 Å². The van der Waals surface area contributed by atoms with Crippen LogP contribution in [0.1, 0.15) is 24.3 Å². The van der Waals surface area contributed by atoms with E-state index in [0.717, 1.165) is 5.56 Å². The highest BCUT2D eigenvalue weighted by atomic mass is 16.4. The Morgan fingerprint density at radius 3 is 2.81 bits per heavy atom. The summed E-state index contributed by atoms with van der Waals surface area (Å²) in [5, 5.41) is 11.4. The summed E-state index contributed by atoms with van der Waals surface area (Å²) in [4.78, 5) is 15.7. The second-order valence-electron chi connectivity index (χ2n) is 4.91. The third-order valence-corrected chi connectivity index (χ3v) is 3.11. The van der Waals surface area contributed by atoms with Crippen molar-refractivity contribution in [3.63, 3.8) is 0 Å². The Hall–Kier alpha value is -2.14. The van der Waals surface area contributed by atoms with Gasteiger partial charge in [-0.1, -0.05) is 29.8 Å². The molecule has 0 aliphatic rings. The molecule has 112 valence electrons. The first-order valence-corrected chi connectivity index (χ1v) is 7.08. The summed E-state index contributed by atoms with van der Waals surface area (Å²) in [6.07, 6.45) is 3.06. The third kappa shape index (κ3) is 4.72. The van der Waals surface area contributed by atoms with Crippen molar-refractivity contribution in [2.24, 2.45) is 0 Å². The maximum Gasteiger partial charge on any atom is 0.220 e. The molecule has 0 saturated carbocycles. The van der Waals surface area contributed by atoms with Crippen LogP contribution in [0.3, 0.4) is 0 Å². The van der Waals surface area contributed by atoms with E-state index < -0.39 is 0 Å². The smallest absolute Gasteiger partial charge is 0.220 e. The Balaban J connectivity index is 1.86. The maximum atomic E-state index is 11.5. The van der Waals surface area contributed by atoms with Gasteiger partial charge in [-0.05, 0) is 13.3 Å². The van der Waals surface area contributed by atoms with Crippen molar-refractivity contribution in [3.8, 4) is 11.3 Å². The molecule has 2 N–H and O–H groups in total. The van der Waals surface area contributed by atoms with Gasteiger partial charge in [-0.2, -0.15) is 0 Å². The predicted octanol–water partition coefficient (Wildman–Crippen LogP) is 2.08. The number of aliphatic hydroxyl groups excluding tert-OH is 1. The lowest BCUT2D eigenvalue weighted by atomic mass is 10.1. The fourth-order valence-corrected chi connectivity index (χ4v) is 1.89. The van der Waals surface area contributed by atoms with Crippen molar-refractivity contribution in [1.29, 1.82) is 0 Å². The zero-order valence-electron chi connectivity index (χ0n) is 12.1. The van der Waals surface area contributed by atoms with Gasteiger partial charge in [0.15, 0.2) is 11.7 Å². The molecule has 0 unspecified atom stereocenters. The molecule has 1 aromatic heterocycles. The molecule has 1 heterocycles. The predicted molar refractivity (Wildman–Crippen MR) is 79.7 cm³/mol. The molecule has 0 saturated heterocycles. The van der Waals surface area contributed by atoms with E-state index in [2.05, 4.69) is 10.3 Å². The molecule has 0 aliphatic carbocycles. The molecule has 0 fully saturated rings. The van der Waals surface area contributed by atoms with Crippen LogP contribution in [0.25, 0.3) is 11.3 Å². The van der Waals surface area contributed by atoms with E-state index in [0.29, 0.717) is 37.5 Å². The van der Waals surface area contributed by atoms with Crippen LogP contribution in [0.4, 0.5) is 0 Å². The molecule has 0 radical (unpaired) electrons. The molecular formula is C16H20N2O3. The lowest BCUT2D eigenvalue weighted by molar-refractivity contribution is -0.121. The lowest BCUT2D eigenvalue weighted by Gasteiger charge is -2.02. The van der Waals surface area contributed by atoms with Gasteiger partial charge in [0.25, 0.3) is 0 Å². The third-order valence-electron chi connectivity index (χ3n) is 3.11. The number of hydrogen-bond acceptors (Lipinski definition) is 4. The van der Waals surface area contributed by atoms with E-state index in [1.165, 1.54) is 5.56 Å². The zero-order valence-corrected chi connectivity index (χ0v) is 12.1. The van der Waals surface area contributed by atoms with Gasteiger partial charge in [-0.15, -0.1) is 0 Å². The average molecular weight is 288 g/mol. The Labute approximate surface area is 124 Å². The average Bonchev–Trinajstić information content (AvgIpc) is 2.95. The molecule has 2 aromatic rings. The van der Waals surface area contributed by atoms with E-state index in [-0.39, 0.29) is 12.5 Å². The first-order valence-electron chi connectivity index (χ1n) is 7.08. The van der Waals surface area contributed by atoms with Gasteiger partial charge in [-0.25, -0.2) is 4.98 Å². The second kappa shape index (κ2) is 7.59. The molecule has 2 rings (SSSR count). The van der Waals surface area contributed by atoms with Crippen molar-refractivity contribution >= 4 is 5.91 Å². The summed E-state index contributed by atoms with van der Waals surface area (Å²) in [7, 11) is 0. The quantitative estimate of drug-likeness (QED) is 0.765. The van der Waals surface area contributed by atoms with Crippen molar-refractivity contribution in [2.75, 3.05) is 13.2 Å². The van der Waals surface area contributed by atoms with Crippen LogP contribution >= 0.6 is 0 Å². The van der Waals surface area contributed by atoms with Crippen LogP contribution in [0.2, 0.25) is 0 Å². The number of aromatic nitrogens is 1. The van der Waals surface area contributed by atoms with Crippen molar-refractivity contribution in [1.82, 2.24) is 10.3 Å². The van der Waals surface area contributed by atoms with Gasteiger partial charge >= 0.3 is 0 Å². The van der Waals surface area contributed by atoms with Crippen LogP contribution < -0.4 is 5.32 Å². The fourth-order valence-electron chi connectivity index (χ4n) is 1.89. The molecule has 1 aromatic carbocycles. The molecule has 0 aliphatic heterocycles. The first kappa shape index (κ1) is 15.3. The van der Waals surface area contributed by atoms with Crippen LogP contribution in [0, 0.1) is 6.92 Å². The number of amides is 1. The molecule has 5 heteroatoms. The Bertz CT molecular complexity index is 575. The topological polar surface area (TPSA) is 75.4 Å². The van der Waals surface area contributed by atoms with Gasteiger partial charge in [0.2, 0.25) is 5.91 Å². The minimum Gasteiger partial charge on any atom is -0.441 e. The van der Waals surface area contributed by atoms with Crippen molar-refractivity contribution in [2.45, 2.75) is 26.2 Å². The number of carbonyl (C=O) groups excluding carboxylic acids is 1. The Morgan fingerprint density at radius 2 is 2.10 bits per heavy atom. The molecule has 0 atom stereocenters. The number of aliphatic hydroxyl groups is 1. The van der Waals surface area contributed by atoms with Gasteiger partial charge in [-0.3, -0.25) is 4.79 Å². The minimum absolute atomic E-state index is 0.0569. The highest BCUT2D eigenvalue weighted by Crippen LogP contribution is 2.21. The summed E-state index contributed by atoms with van der Waals surface area (Å²) in [6, 6.07) is 8.01. The van der Waals surface area contributed by atoms with E-state index in [1.54, 1.807) is 6.20 Å². The molecule has 21 heavy (non-hydrogen) atoms. The van der Waals surface area contributed by atoms with Gasteiger partial charge in [0.05, 0.1) is 6.20 Å². The number of carbonyl (C=O) groups is 1. The summed E-state index contributed by atoms with van der Waals surface area (Å²) in [5.74, 6) is 1.21. The maximum absolute atomic E-state index is 11.5. The zero-order chi connectivity index (χ0) is 15.1. The molecule has 5 nitrogen and oxygen atoms in total.